The highest BCUT2D eigenvalue weighted by atomic mass is 16.6. The number of benzene rings is 3. The van der Waals surface area contributed by atoms with E-state index < -0.39 is 22.8 Å². The third-order valence-electron chi connectivity index (χ3n) is 4.86. The fourth-order valence-electron chi connectivity index (χ4n) is 3.35. The average Bonchev–Trinajstić information content (AvgIpc) is 2.73. The molecule has 2 amide bonds. The highest BCUT2D eigenvalue weighted by Crippen LogP contribution is 2.28. The van der Waals surface area contributed by atoms with Crippen molar-refractivity contribution >= 4 is 23.2 Å². The lowest BCUT2D eigenvalue weighted by Crippen LogP contribution is -2.33. The third-order valence-corrected chi connectivity index (χ3v) is 4.86. The third kappa shape index (κ3) is 3.46. The van der Waals surface area contributed by atoms with E-state index in [4.69, 9.17) is 0 Å². The molecule has 1 aliphatic heterocycles. The van der Waals surface area contributed by atoms with Gasteiger partial charge in [0.05, 0.1) is 15.6 Å². The minimum Gasteiger partial charge on any atom is -0.322 e. The van der Waals surface area contributed by atoms with Gasteiger partial charge in [-0.05, 0) is 31.2 Å². The Bertz CT molecular complexity index is 1320. The molecule has 148 valence electrons. The number of anilines is 1. The zero-order chi connectivity index (χ0) is 21.3. The summed E-state index contributed by atoms with van der Waals surface area (Å²) in [5.74, 6) is -0.939. The van der Waals surface area contributed by atoms with Crippen molar-refractivity contribution < 1.29 is 14.5 Å². The smallest absolute Gasteiger partial charge is 0.275 e. The molecule has 1 unspecified atom stereocenters. The van der Waals surface area contributed by atoms with E-state index in [0.29, 0.717) is 22.0 Å². The number of nitro groups is 1. The summed E-state index contributed by atoms with van der Waals surface area (Å²) in [6, 6.07) is 17.3. The van der Waals surface area contributed by atoms with Crippen LogP contribution >= 0.6 is 0 Å². The fourth-order valence-corrected chi connectivity index (χ4v) is 3.35. The Morgan fingerprint density at radius 3 is 2.47 bits per heavy atom. The van der Waals surface area contributed by atoms with Crippen LogP contribution in [-0.4, -0.2) is 16.7 Å². The Labute approximate surface area is 170 Å². The van der Waals surface area contributed by atoms with Gasteiger partial charge in [0.2, 0.25) is 0 Å². The molecule has 8 nitrogen and oxygen atoms in total. The minimum atomic E-state index is -0.886. The first kappa shape index (κ1) is 19.1. The molecule has 8 heteroatoms. The lowest BCUT2D eigenvalue weighted by atomic mass is 10.0. The molecule has 1 atom stereocenters. The summed E-state index contributed by atoms with van der Waals surface area (Å²) >= 11 is 0. The number of para-hydroxylation sites is 3. The molecular formula is C22H16N4O4. The van der Waals surface area contributed by atoms with Gasteiger partial charge < -0.3 is 5.32 Å². The number of nitrogens with one attached hydrogen (secondary N) is 1. The molecule has 30 heavy (non-hydrogen) atoms. The number of carbonyl (C=O) groups is 2. The van der Waals surface area contributed by atoms with Gasteiger partial charge in [0.25, 0.3) is 17.5 Å². The topological polar surface area (TPSA) is 114 Å². The Morgan fingerprint density at radius 2 is 1.70 bits per heavy atom. The minimum absolute atomic E-state index is 0.135. The van der Waals surface area contributed by atoms with E-state index in [1.807, 2.05) is 6.07 Å². The molecule has 3 aromatic rings. The quantitative estimate of drug-likeness (QED) is 0.536. The van der Waals surface area contributed by atoms with Crippen LogP contribution in [0.1, 0.15) is 27.5 Å². The number of hydrogen-bond donors (Lipinski definition) is 1. The normalized spacial score (nSPS) is 14.8. The van der Waals surface area contributed by atoms with Gasteiger partial charge in [0, 0.05) is 28.4 Å². The van der Waals surface area contributed by atoms with Crippen molar-refractivity contribution in [1.82, 2.24) is 0 Å². The number of carbonyl (C=O) groups excluding carboxylic acids is 2. The molecule has 0 spiro atoms. The molecule has 1 aliphatic rings. The highest BCUT2D eigenvalue weighted by molar-refractivity contribution is 6.06. The van der Waals surface area contributed by atoms with Crippen LogP contribution in [0.4, 0.5) is 11.4 Å². The molecule has 0 aliphatic carbocycles. The number of rotatable bonds is 4. The predicted molar refractivity (Wildman–Crippen MR) is 109 cm³/mol. The first-order chi connectivity index (χ1) is 14.5. The molecule has 4 rings (SSSR count). The molecule has 0 bridgehead atoms. The van der Waals surface area contributed by atoms with Crippen LogP contribution < -0.4 is 16.0 Å². The van der Waals surface area contributed by atoms with Crippen LogP contribution in [0, 0.1) is 17.0 Å². The van der Waals surface area contributed by atoms with Crippen molar-refractivity contribution in [3.63, 3.8) is 0 Å². The average molecular weight is 400 g/mol. The van der Waals surface area contributed by atoms with Gasteiger partial charge in [-0.25, -0.2) is 4.99 Å². The maximum absolute atomic E-state index is 12.9. The second-order valence-corrected chi connectivity index (χ2v) is 6.72. The van der Waals surface area contributed by atoms with E-state index in [2.05, 4.69) is 15.3 Å². The fraction of sp³-hybridized carbons (Fsp3) is 0.0909. The number of nitro benzene ring substituents is 1. The molecule has 1 N–H and O–H groups in total. The van der Waals surface area contributed by atoms with Crippen molar-refractivity contribution in [3.05, 3.63) is 104 Å². The van der Waals surface area contributed by atoms with Gasteiger partial charge in [-0.15, -0.1) is 0 Å². The summed E-state index contributed by atoms with van der Waals surface area (Å²) in [6.45, 7) is 1.52. The number of fused-ring (bicyclic) bond motifs is 1. The molecule has 0 aromatic heterocycles. The van der Waals surface area contributed by atoms with Crippen LogP contribution in [0.15, 0.2) is 76.7 Å². The van der Waals surface area contributed by atoms with E-state index in [0.717, 1.165) is 0 Å². The Morgan fingerprint density at radius 1 is 1.00 bits per heavy atom. The van der Waals surface area contributed by atoms with Crippen LogP contribution in [-0.2, 0) is 4.79 Å². The van der Waals surface area contributed by atoms with Gasteiger partial charge in [-0.2, -0.15) is 0 Å². The lowest BCUT2D eigenvalue weighted by Gasteiger charge is -2.17. The highest BCUT2D eigenvalue weighted by Gasteiger charge is 2.25. The van der Waals surface area contributed by atoms with Gasteiger partial charge in [-0.3, -0.25) is 24.7 Å². The Hall–Kier alpha value is -4.20. The summed E-state index contributed by atoms with van der Waals surface area (Å²) in [4.78, 5) is 44.7. The summed E-state index contributed by atoms with van der Waals surface area (Å²) in [5, 5.41) is 15.0. The SMILES string of the molecule is Cc1c(C(=O)Nc2ccccc2C2N=c3ccccc3=NC2=O)cccc1[N+](=O)[O-]. The standard InChI is InChI=1S/C22H16N4O4/c1-13-14(8-6-12-19(13)26(29)30)21(27)24-16-9-3-2-7-15(16)20-22(28)25-18-11-5-4-10-17(18)23-20/h2-12,20H,1H3,(H,24,27). The molecule has 0 saturated heterocycles. The molecule has 1 heterocycles. The van der Waals surface area contributed by atoms with Gasteiger partial charge >= 0.3 is 0 Å². The van der Waals surface area contributed by atoms with Crippen molar-refractivity contribution in [2.45, 2.75) is 13.0 Å². The maximum atomic E-state index is 12.9. The van der Waals surface area contributed by atoms with E-state index in [9.17, 15) is 19.7 Å². The summed E-state index contributed by atoms with van der Waals surface area (Å²) in [7, 11) is 0. The van der Waals surface area contributed by atoms with Gasteiger partial charge in [0.15, 0.2) is 6.04 Å². The number of hydrogen-bond acceptors (Lipinski definition) is 5. The molecule has 0 radical (unpaired) electrons. The Balaban J connectivity index is 1.71. The second-order valence-electron chi connectivity index (χ2n) is 6.72. The summed E-state index contributed by atoms with van der Waals surface area (Å²) in [5.41, 5.74) is 1.20. The van der Waals surface area contributed by atoms with Crippen LogP contribution in [0.25, 0.3) is 0 Å². The van der Waals surface area contributed by atoms with E-state index in [1.54, 1.807) is 42.5 Å². The van der Waals surface area contributed by atoms with Crippen LogP contribution in [0.2, 0.25) is 0 Å². The van der Waals surface area contributed by atoms with E-state index >= 15 is 0 Å². The van der Waals surface area contributed by atoms with Crippen molar-refractivity contribution in [3.8, 4) is 0 Å². The van der Waals surface area contributed by atoms with Crippen molar-refractivity contribution in [2.24, 2.45) is 9.98 Å². The van der Waals surface area contributed by atoms with Crippen molar-refractivity contribution in [2.75, 3.05) is 5.32 Å². The lowest BCUT2D eigenvalue weighted by molar-refractivity contribution is -0.385. The van der Waals surface area contributed by atoms with Gasteiger partial charge in [0.1, 0.15) is 0 Å². The Kier molecular flexibility index (Phi) is 4.89. The predicted octanol–water partition coefficient (Wildman–Crippen LogP) is 2.68. The first-order valence-electron chi connectivity index (χ1n) is 9.15. The van der Waals surface area contributed by atoms with E-state index in [-0.39, 0.29) is 16.8 Å². The summed E-state index contributed by atoms with van der Waals surface area (Å²) < 4.78 is 0. The molecule has 0 fully saturated rings. The van der Waals surface area contributed by atoms with Gasteiger partial charge in [-0.1, -0.05) is 36.4 Å². The second kappa shape index (κ2) is 7.67. The van der Waals surface area contributed by atoms with Crippen LogP contribution in [0.3, 0.4) is 0 Å². The first-order valence-corrected chi connectivity index (χ1v) is 9.15. The molecule has 0 saturated carbocycles. The molecule has 3 aromatic carbocycles. The summed E-state index contributed by atoms with van der Waals surface area (Å²) in [6.07, 6.45) is 0. The molecular weight excluding hydrogens is 384 g/mol. The zero-order valence-corrected chi connectivity index (χ0v) is 15.9. The van der Waals surface area contributed by atoms with Crippen molar-refractivity contribution in [1.29, 1.82) is 0 Å². The monoisotopic (exact) mass is 400 g/mol. The largest absolute Gasteiger partial charge is 0.322 e. The number of amides is 2. The van der Waals surface area contributed by atoms with E-state index in [1.165, 1.54) is 25.1 Å². The van der Waals surface area contributed by atoms with Crippen LogP contribution in [0.5, 0.6) is 0 Å². The zero-order valence-electron chi connectivity index (χ0n) is 15.9. The maximum Gasteiger partial charge on any atom is 0.275 e. The number of nitrogens with zero attached hydrogens (tertiary/aromatic N) is 3.